The Bertz CT molecular complexity index is 544. The zero-order valence-corrected chi connectivity index (χ0v) is 20.1. The average molecular weight is 416 g/mol. The van der Waals surface area contributed by atoms with Gasteiger partial charge in [0.25, 0.3) is 0 Å². The Hall–Kier alpha value is -3.22. The van der Waals surface area contributed by atoms with Gasteiger partial charge in [-0.2, -0.15) is 0 Å². The third-order valence-electron chi connectivity index (χ3n) is 2.67. The number of nitrogens with zero attached hydrogens (tertiary/aromatic N) is 4. The van der Waals surface area contributed by atoms with Gasteiger partial charge in [0.2, 0.25) is 0 Å². The maximum atomic E-state index is 5.36. The minimum Gasteiger partial charge on any atom is -0.397 e. The van der Waals surface area contributed by atoms with E-state index in [4.69, 9.17) is 17.2 Å². The summed E-state index contributed by atoms with van der Waals surface area (Å²) in [5, 5.41) is 0. The summed E-state index contributed by atoms with van der Waals surface area (Å²) in [4.78, 5) is 15.5. The summed E-state index contributed by atoms with van der Waals surface area (Å²) in [5.41, 5.74) is 19.7. The first-order valence-electron chi connectivity index (χ1n) is 10.3. The molecule has 0 spiro atoms. The van der Waals surface area contributed by atoms with Gasteiger partial charge in [0.05, 0.1) is 30.0 Å². The number of anilines is 3. The minimum absolute atomic E-state index is 0.468. The van der Waals surface area contributed by atoms with Crippen LogP contribution in [0.2, 0.25) is 0 Å². The van der Waals surface area contributed by atoms with Crippen LogP contribution in [0.3, 0.4) is 0 Å². The molecule has 0 aromatic carbocycles. The summed E-state index contributed by atoms with van der Waals surface area (Å²) in [7, 11) is 0. The van der Waals surface area contributed by atoms with Gasteiger partial charge in [-0.1, -0.05) is 47.6 Å². The number of nitrogen functional groups attached to an aromatic ring is 3. The van der Waals surface area contributed by atoms with E-state index < -0.39 is 0 Å². The molecule has 3 rings (SSSR count). The molecule has 3 heterocycles. The van der Waals surface area contributed by atoms with Crippen LogP contribution in [-0.2, 0) is 0 Å². The van der Waals surface area contributed by atoms with Crippen molar-refractivity contribution in [1.29, 1.82) is 0 Å². The Morgan fingerprint density at radius 2 is 1.03 bits per heavy atom. The zero-order chi connectivity index (χ0) is 23.9. The third-order valence-corrected chi connectivity index (χ3v) is 2.67. The van der Waals surface area contributed by atoms with E-state index in [0.29, 0.717) is 11.6 Å². The molecule has 0 unspecified atom stereocenters. The van der Waals surface area contributed by atoms with Gasteiger partial charge in [-0.05, 0) is 44.5 Å². The lowest BCUT2D eigenvalue weighted by Crippen LogP contribution is -1.90. The molecule has 0 fully saturated rings. The maximum absolute atomic E-state index is 5.36. The number of nitrogens with two attached hydrogens (primary N) is 3. The molecule has 0 bridgehead atoms. The van der Waals surface area contributed by atoms with Crippen molar-refractivity contribution in [2.24, 2.45) is 0 Å². The highest BCUT2D eigenvalue weighted by Crippen LogP contribution is 1.98. The molecule has 3 aromatic rings. The van der Waals surface area contributed by atoms with Crippen LogP contribution in [0.1, 0.15) is 58.5 Å². The highest BCUT2D eigenvalue weighted by Gasteiger charge is 1.83. The third kappa shape index (κ3) is 19.5. The van der Waals surface area contributed by atoms with Crippen molar-refractivity contribution in [2.45, 2.75) is 62.3 Å². The van der Waals surface area contributed by atoms with Crippen molar-refractivity contribution in [3.63, 3.8) is 0 Å². The number of hydrogen-bond donors (Lipinski definition) is 3. The fourth-order valence-electron chi connectivity index (χ4n) is 1.36. The minimum atomic E-state index is 0.468. The number of rotatable bonds is 0. The summed E-state index contributed by atoms with van der Waals surface area (Å²) < 4.78 is 0. The second-order valence-electron chi connectivity index (χ2n) is 5.08. The Balaban J connectivity index is -0.000000323. The molecule has 0 aliphatic rings. The second kappa shape index (κ2) is 22.1. The Labute approximate surface area is 183 Å². The second-order valence-corrected chi connectivity index (χ2v) is 5.08. The molecule has 30 heavy (non-hydrogen) atoms. The van der Waals surface area contributed by atoms with Crippen molar-refractivity contribution in [3.05, 3.63) is 66.0 Å². The fourth-order valence-corrected chi connectivity index (χ4v) is 1.36. The van der Waals surface area contributed by atoms with E-state index in [2.05, 4.69) is 19.9 Å². The summed E-state index contributed by atoms with van der Waals surface area (Å²) in [6.45, 7) is 17.8. The van der Waals surface area contributed by atoms with Crippen LogP contribution in [0.5, 0.6) is 0 Å². The van der Waals surface area contributed by atoms with Gasteiger partial charge in [-0.15, -0.1) is 0 Å². The highest BCUT2D eigenvalue weighted by atomic mass is 14.9. The molecule has 3 aromatic heterocycles. The van der Waals surface area contributed by atoms with Crippen LogP contribution < -0.4 is 17.2 Å². The molecule has 0 radical (unpaired) electrons. The predicted molar refractivity (Wildman–Crippen MR) is 132 cm³/mol. The van der Waals surface area contributed by atoms with Gasteiger partial charge >= 0.3 is 0 Å². The normalized spacial score (nSPS) is 7.90. The van der Waals surface area contributed by atoms with E-state index >= 15 is 0 Å². The molecule has 168 valence electrons. The molecule has 0 amide bonds. The van der Waals surface area contributed by atoms with E-state index in [0.717, 1.165) is 22.6 Å². The standard InChI is InChI=1S/2C6H8N2.C5H7N3.3C2H6/c1-5-2-3-6(7)4-8-5;1-5-2-3-6(7)8-4-5;1-4-2-8-5(6)3-7-4;3*1-2/h2-4H,7H2,1H3;2-4H,1H3,(H2,7,8);2-3H,1H3,(H2,6,8);3*1-2H3. The molecule has 7 heteroatoms. The first-order valence-corrected chi connectivity index (χ1v) is 10.3. The van der Waals surface area contributed by atoms with E-state index in [1.807, 2.05) is 80.5 Å². The number of pyridine rings is 2. The van der Waals surface area contributed by atoms with Crippen LogP contribution in [0.15, 0.2) is 49.1 Å². The quantitative estimate of drug-likeness (QED) is 0.448. The van der Waals surface area contributed by atoms with Crippen LogP contribution >= 0.6 is 0 Å². The smallest absolute Gasteiger partial charge is 0.141 e. The van der Waals surface area contributed by atoms with E-state index in [1.165, 1.54) is 6.20 Å². The number of aryl methyl sites for hydroxylation is 3. The molecule has 7 nitrogen and oxygen atoms in total. The van der Waals surface area contributed by atoms with Gasteiger partial charge in [-0.25, -0.2) is 9.97 Å². The van der Waals surface area contributed by atoms with E-state index in [9.17, 15) is 0 Å². The van der Waals surface area contributed by atoms with Crippen LogP contribution in [0, 0.1) is 20.8 Å². The van der Waals surface area contributed by atoms with Crippen molar-refractivity contribution in [1.82, 2.24) is 19.9 Å². The van der Waals surface area contributed by atoms with Crippen molar-refractivity contribution < 1.29 is 0 Å². The molecule has 0 atom stereocenters. The summed E-state index contributed by atoms with van der Waals surface area (Å²) >= 11 is 0. The van der Waals surface area contributed by atoms with Crippen molar-refractivity contribution in [3.8, 4) is 0 Å². The van der Waals surface area contributed by atoms with E-state index in [1.54, 1.807) is 24.7 Å². The molecule has 0 saturated carbocycles. The maximum Gasteiger partial charge on any atom is 0.141 e. The molecule has 0 aliphatic carbocycles. The lowest BCUT2D eigenvalue weighted by Gasteiger charge is -1.89. The van der Waals surface area contributed by atoms with Crippen LogP contribution in [0.25, 0.3) is 0 Å². The predicted octanol–water partition coefficient (Wildman–Crippen LogP) is 5.39. The number of aromatic nitrogens is 4. The molecular formula is C23H41N7. The lowest BCUT2D eigenvalue weighted by atomic mass is 10.3. The SMILES string of the molecule is CC.CC.CC.Cc1ccc(N)cn1.Cc1ccc(N)nc1.Cc1cnc(N)cn1. The van der Waals surface area contributed by atoms with Crippen molar-refractivity contribution >= 4 is 17.3 Å². The monoisotopic (exact) mass is 415 g/mol. The van der Waals surface area contributed by atoms with Gasteiger partial charge in [-0.3, -0.25) is 9.97 Å². The lowest BCUT2D eigenvalue weighted by molar-refractivity contribution is 1.13. The van der Waals surface area contributed by atoms with Gasteiger partial charge in [0, 0.05) is 11.9 Å². The topological polar surface area (TPSA) is 130 Å². The van der Waals surface area contributed by atoms with E-state index in [-0.39, 0.29) is 0 Å². The first-order chi connectivity index (χ1) is 14.4. The van der Waals surface area contributed by atoms with Crippen LogP contribution in [0.4, 0.5) is 17.3 Å². The first kappa shape index (κ1) is 31.5. The molecule has 6 N–H and O–H groups in total. The Morgan fingerprint density at radius 3 is 1.33 bits per heavy atom. The Morgan fingerprint density at radius 1 is 0.500 bits per heavy atom. The van der Waals surface area contributed by atoms with Gasteiger partial charge in [0.15, 0.2) is 0 Å². The summed E-state index contributed by atoms with van der Waals surface area (Å²) in [6, 6.07) is 7.44. The van der Waals surface area contributed by atoms with Crippen LogP contribution in [-0.4, -0.2) is 19.9 Å². The highest BCUT2D eigenvalue weighted by molar-refractivity contribution is 5.34. The molecule has 0 aliphatic heterocycles. The molecular weight excluding hydrogens is 374 g/mol. The average Bonchev–Trinajstić information content (AvgIpc) is 2.79. The zero-order valence-electron chi connectivity index (χ0n) is 20.1. The molecule has 0 saturated heterocycles. The number of hydrogen-bond acceptors (Lipinski definition) is 7. The summed E-state index contributed by atoms with van der Waals surface area (Å²) in [6.07, 6.45) is 6.56. The summed E-state index contributed by atoms with van der Waals surface area (Å²) in [5.74, 6) is 1.05. The van der Waals surface area contributed by atoms with Gasteiger partial charge in [0.1, 0.15) is 11.6 Å². The largest absolute Gasteiger partial charge is 0.397 e. The van der Waals surface area contributed by atoms with Gasteiger partial charge < -0.3 is 17.2 Å². The van der Waals surface area contributed by atoms with Crippen molar-refractivity contribution in [2.75, 3.05) is 17.2 Å². The fraction of sp³-hybridized carbons (Fsp3) is 0.391. The Kier molecular flexibility index (Phi) is 23.2.